The van der Waals surface area contributed by atoms with Gasteiger partial charge in [0.25, 0.3) is 0 Å². The Kier molecular flexibility index (Phi) is 4.21. The first-order valence-electron chi connectivity index (χ1n) is 6.27. The van der Waals surface area contributed by atoms with Crippen molar-refractivity contribution in [3.63, 3.8) is 0 Å². The second-order valence-electron chi connectivity index (χ2n) is 4.49. The Bertz CT molecular complexity index is 828. The van der Waals surface area contributed by atoms with Crippen LogP contribution >= 0.6 is 34.8 Å². The van der Waals surface area contributed by atoms with Crippen molar-refractivity contribution in [1.29, 1.82) is 0 Å². The summed E-state index contributed by atoms with van der Waals surface area (Å²) in [5.41, 5.74) is 1.44. The Morgan fingerprint density at radius 2 is 1.73 bits per heavy atom. The molecule has 3 nitrogen and oxygen atoms in total. The van der Waals surface area contributed by atoms with Gasteiger partial charge in [-0.05, 0) is 35.9 Å². The Morgan fingerprint density at radius 3 is 2.45 bits per heavy atom. The van der Waals surface area contributed by atoms with Crippen LogP contribution in [0.2, 0.25) is 15.1 Å². The van der Waals surface area contributed by atoms with Gasteiger partial charge in [-0.3, -0.25) is 0 Å². The Morgan fingerprint density at radius 1 is 0.955 bits per heavy atom. The lowest BCUT2D eigenvalue weighted by atomic mass is 10.2. The summed E-state index contributed by atoms with van der Waals surface area (Å²) in [4.78, 5) is 16.1. The number of nitrogens with zero attached hydrogens (tertiary/aromatic N) is 1. The summed E-state index contributed by atoms with van der Waals surface area (Å²) in [6, 6.07) is 12.0. The van der Waals surface area contributed by atoms with Crippen molar-refractivity contribution in [2.75, 3.05) is 0 Å². The summed E-state index contributed by atoms with van der Waals surface area (Å²) >= 11 is 17.9. The molecule has 3 rings (SSSR count). The average Bonchev–Trinajstić information content (AvgIpc) is 2.84. The molecule has 0 saturated heterocycles. The smallest absolute Gasteiger partial charge is 0.363 e. The van der Waals surface area contributed by atoms with Gasteiger partial charge in [0.1, 0.15) is 0 Å². The minimum Gasteiger partial charge on any atom is -0.402 e. The predicted molar refractivity (Wildman–Crippen MR) is 88.5 cm³/mol. The number of hydrogen-bond donors (Lipinski definition) is 0. The number of halogens is 3. The molecule has 0 fully saturated rings. The van der Waals surface area contributed by atoms with Gasteiger partial charge in [0.2, 0.25) is 5.90 Å². The third-order valence-corrected chi connectivity index (χ3v) is 4.04. The first-order chi connectivity index (χ1) is 10.5. The largest absolute Gasteiger partial charge is 0.402 e. The summed E-state index contributed by atoms with van der Waals surface area (Å²) in [6.45, 7) is 0. The van der Waals surface area contributed by atoms with Crippen LogP contribution < -0.4 is 0 Å². The standard InChI is InChI=1S/C16H8Cl3NO2/c17-11-4-2-1-3-10(11)15-20-14(16(21)22-15)8-9-5-6-12(18)13(19)7-9/h1-8H/b14-8+. The molecule has 0 radical (unpaired) electrons. The maximum absolute atomic E-state index is 11.9. The molecule has 2 aromatic carbocycles. The number of rotatable bonds is 2. The number of benzene rings is 2. The lowest BCUT2D eigenvalue weighted by molar-refractivity contribution is -0.129. The van der Waals surface area contributed by atoms with E-state index in [9.17, 15) is 4.79 Å². The van der Waals surface area contributed by atoms with Crippen LogP contribution in [0.1, 0.15) is 11.1 Å². The van der Waals surface area contributed by atoms with Crippen molar-refractivity contribution < 1.29 is 9.53 Å². The summed E-state index contributed by atoms with van der Waals surface area (Å²) in [5.74, 6) is -0.358. The van der Waals surface area contributed by atoms with Crippen LogP contribution in [0, 0.1) is 0 Å². The Balaban J connectivity index is 1.98. The number of carbonyl (C=O) groups excluding carboxylic acids is 1. The van der Waals surface area contributed by atoms with Gasteiger partial charge in [-0.2, -0.15) is 0 Å². The van der Waals surface area contributed by atoms with Crippen molar-refractivity contribution in [2.45, 2.75) is 0 Å². The molecular formula is C16H8Cl3NO2. The lowest BCUT2D eigenvalue weighted by Gasteiger charge is -2.00. The molecule has 0 spiro atoms. The number of cyclic esters (lactones) is 1. The molecule has 0 bridgehead atoms. The highest BCUT2D eigenvalue weighted by atomic mass is 35.5. The molecule has 1 aliphatic rings. The molecule has 0 atom stereocenters. The Hall–Kier alpha value is -1.81. The molecule has 1 heterocycles. The van der Waals surface area contributed by atoms with E-state index in [-0.39, 0.29) is 11.6 Å². The fourth-order valence-corrected chi connectivity index (χ4v) is 2.44. The van der Waals surface area contributed by atoms with E-state index >= 15 is 0 Å². The summed E-state index contributed by atoms with van der Waals surface area (Å²) < 4.78 is 5.17. The SMILES string of the molecule is O=C1OC(c2ccccc2Cl)=N/C1=C/c1ccc(Cl)c(Cl)c1. The van der Waals surface area contributed by atoms with E-state index in [1.54, 1.807) is 48.5 Å². The van der Waals surface area contributed by atoms with E-state index < -0.39 is 5.97 Å². The van der Waals surface area contributed by atoms with E-state index in [1.165, 1.54) is 0 Å². The fourth-order valence-electron chi connectivity index (χ4n) is 1.92. The first kappa shape index (κ1) is 15.1. The molecule has 0 aromatic heterocycles. The average molecular weight is 353 g/mol. The molecule has 0 amide bonds. The summed E-state index contributed by atoms with van der Waals surface area (Å²) in [7, 11) is 0. The van der Waals surface area contributed by atoms with Crippen molar-refractivity contribution >= 4 is 52.7 Å². The van der Waals surface area contributed by atoms with Crippen molar-refractivity contribution in [3.05, 3.63) is 74.4 Å². The number of aliphatic imine (C=N–C) groups is 1. The van der Waals surface area contributed by atoms with Crippen molar-refractivity contribution in [1.82, 2.24) is 0 Å². The highest BCUT2D eigenvalue weighted by molar-refractivity contribution is 6.42. The highest BCUT2D eigenvalue weighted by Crippen LogP contribution is 2.26. The fraction of sp³-hybridized carbons (Fsp3) is 0. The van der Waals surface area contributed by atoms with Crippen LogP contribution in [0.25, 0.3) is 6.08 Å². The minimum atomic E-state index is -0.541. The zero-order valence-electron chi connectivity index (χ0n) is 11.0. The van der Waals surface area contributed by atoms with Gasteiger partial charge in [-0.1, -0.05) is 53.0 Å². The maximum Gasteiger partial charge on any atom is 0.363 e. The van der Waals surface area contributed by atoms with E-state index in [4.69, 9.17) is 39.5 Å². The number of esters is 1. The second kappa shape index (κ2) is 6.13. The van der Waals surface area contributed by atoms with Gasteiger partial charge < -0.3 is 4.74 Å². The van der Waals surface area contributed by atoms with Gasteiger partial charge in [0, 0.05) is 0 Å². The van der Waals surface area contributed by atoms with Gasteiger partial charge in [-0.15, -0.1) is 0 Å². The number of ether oxygens (including phenoxy) is 1. The van der Waals surface area contributed by atoms with Crippen LogP contribution in [0.3, 0.4) is 0 Å². The quantitative estimate of drug-likeness (QED) is 0.564. The van der Waals surface area contributed by atoms with Crippen LogP contribution in [0.15, 0.2) is 53.2 Å². The summed E-state index contributed by atoms with van der Waals surface area (Å²) in [6.07, 6.45) is 1.58. The highest BCUT2D eigenvalue weighted by Gasteiger charge is 2.25. The molecule has 110 valence electrons. The monoisotopic (exact) mass is 351 g/mol. The second-order valence-corrected chi connectivity index (χ2v) is 5.71. The van der Waals surface area contributed by atoms with Crippen LogP contribution in [-0.4, -0.2) is 11.9 Å². The first-order valence-corrected chi connectivity index (χ1v) is 7.40. The van der Waals surface area contributed by atoms with Gasteiger partial charge in [0.05, 0.1) is 20.6 Å². The van der Waals surface area contributed by atoms with Crippen LogP contribution in [0.4, 0.5) is 0 Å². The van der Waals surface area contributed by atoms with Crippen molar-refractivity contribution in [3.8, 4) is 0 Å². The topological polar surface area (TPSA) is 38.7 Å². The molecule has 1 aliphatic heterocycles. The number of hydrogen-bond acceptors (Lipinski definition) is 3. The molecular weight excluding hydrogens is 345 g/mol. The molecule has 22 heavy (non-hydrogen) atoms. The number of carbonyl (C=O) groups is 1. The van der Waals surface area contributed by atoms with Crippen LogP contribution in [-0.2, 0) is 9.53 Å². The third kappa shape index (κ3) is 3.02. The molecule has 0 aliphatic carbocycles. The maximum atomic E-state index is 11.9. The normalized spacial score (nSPS) is 15.9. The zero-order valence-corrected chi connectivity index (χ0v) is 13.3. The van der Waals surface area contributed by atoms with E-state index in [1.807, 2.05) is 0 Å². The van der Waals surface area contributed by atoms with Crippen molar-refractivity contribution in [2.24, 2.45) is 4.99 Å². The molecule has 2 aromatic rings. The van der Waals surface area contributed by atoms with Gasteiger partial charge in [-0.25, -0.2) is 9.79 Å². The zero-order chi connectivity index (χ0) is 15.7. The molecule has 6 heteroatoms. The van der Waals surface area contributed by atoms with E-state index in [0.29, 0.717) is 26.2 Å². The van der Waals surface area contributed by atoms with Gasteiger partial charge >= 0.3 is 5.97 Å². The molecule has 0 saturated carbocycles. The minimum absolute atomic E-state index is 0.174. The summed E-state index contributed by atoms with van der Waals surface area (Å²) in [5, 5.41) is 1.31. The van der Waals surface area contributed by atoms with E-state index in [0.717, 1.165) is 0 Å². The molecule has 0 N–H and O–H groups in total. The third-order valence-electron chi connectivity index (χ3n) is 2.97. The molecule has 0 unspecified atom stereocenters. The van der Waals surface area contributed by atoms with E-state index in [2.05, 4.69) is 4.99 Å². The lowest BCUT2D eigenvalue weighted by Crippen LogP contribution is -2.05. The Labute approximate surface area is 141 Å². The van der Waals surface area contributed by atoms with Crippen LogP contribution in [0.5, 0.6) is 0 Å². The van der Waals surface area contributed by atoms with Gasteiger partial charge in [0.15, 0.2) is 5.70 Å². The predicted octanol–water partition coefficient (Wildman–Crippen LogP) is 4.99.